The van der Waals surface area contributed by atoms with Crippen LogP contribution in [0.4, 0.5) is 0 Å². The van der Waals surface area contributed by atoms with Crippen LogP contribution in [0, 0.1) is 5.41 Å². The van der Waals surface area contributed by atoms with Gasteiger partial charge in [0, 0.05) is 17.8 Å². The van der Waals surface area contributed by atoms with Crippen LogP contribution in [-0.2, 0) is 0 Å². The molecule has 1 aliphatic rings. The number of carbonyl (C=O) groups excluding carboxylic acids is 1. The second-order valence-electron chi connectivity index (χ2n) is 4.19. The van der Waals surface area contributed by atoms with Crippen LogP contribution in [0.2, 0.25) is 0 Å². The van der Waals surface area contributed by atoms with E-state index in [1.54, 1.807) is 18.6 Å². The van der Waals surface area contributed by atoms with E-state index in [2.05, 4.69) is 9.97 Å². The van der Waals surface area contributed by atoms with Crippen molar-refractivity contribution in [3.63, 3.8) is 0 Å². The first-order valence-corrected chi connectivity index (χ1v) is 5.03. The lowest BCUT2D eigenvalue weighted by atomic mass is 9.83. The molecule has 0 aromatic carbocycles. The molecule has 0 atom stereocenters. The van der Waals surface area contributed by atoms with Crippen molar-refractivity contribution < 1.29 is 4.79 Å². The van der Waals surface area contributed by atoms with Crippen molar-refractivity contribution in [2.24, 2.45) is 5.41 Å². The minimum atomic E-state index is -0.184. The molecule has 0 unspecified atom stereocenters. The van der Waals surface area contributed by atoms with Gasteiger partial charge in [0.1, 0.15) is 5.69 Å². The number of rotatable bonds is 2. The van der Waals surface area contributed by atoms with E-state index in [-0.39, 0.29) is 11.2 Å². The Bertz CT molecular complexity index is 328. The first kappa shape index (κ1) is 9.31. The lowest BCUT2D eigenvalue weighted by Crippen LogP contribution is -2.25. The maximum atomic E-state index is 12.1. The minimum absolute atomic E-state index is 0.156. The van der Waals surface area contributed by atoms with Gasteiger partial charge < -0.3 is 0 Å². The lowest BCUT2D eigenvalue weighted by Gasteiger charge is -2.20. The average molecular weight is 190 g/mol. The van der Waals surface area contributed by atoms with Gasteiger partial charge in [-0.2, -0.15) is 0 Å². The Kier molecular flexibility index (Phi) is 2.32. The summed E-state index contributed by atoms with van der Waals surface area (Å²) in [5.41, 5.74) is 0.327. The summed E-state index contributed by atoms with van der Waals surface area (Å²) in [7, 11) is 0. The first-order valence-electron chi connectivity index (χ1n) is 5.03. The molecule has 14 heavy (non-hydrogen) atoms. The van der Waals surface area contributed by atoms with E-state index in [9.17, 15) is 4.79 Å². The fraction of sp³-hybridized carbons (Fsp3) is 0.545. The summed E-state index contributed by atoms with van der Waals surface area (Å²) in [5, 5.41) is 0. The summed E-state index contributed by atoms with van der Waals surface area (Å²) < 4.78 is 0. The molecule has 0 spiro atoms. The molecule has 1 aliphatic carbocycles. The van der Waals surface area contributed by atoms with Crippen molar-refractivity contribution in [2.75, 3.05) is 0 Å². The van der Waals surface area contributed by atoms with Crippen LogP contribution < -0.4 is 0 Å². The quantitative estimate of drug-likeness (QED) is 0.672. The third kappa shape index (κ3) is 1.54. The number of hydrogen-bond acceptors (Lipinski definition) is 3. The number of ketones is 1. The van der Waals surface area contributed by atoms with Crippen LogP contribution in [-0.4, -0.2) is 15.8 Å². The molecule has 74 valence electrons. The number of hydrogen-bond donors (Lipinski definition) is 0. The molecule has 1 heterocycles. The van der Waals surface area contributed by atoms with Crippen LogP contribution in [0.1, 0.15) is 43.1 Å². The second-order valence-corrected chi connectivity index (χ2v) is 4.19. The van der Waals surface area contributed by atoms with E-state index in [1.807, 2.05) is 6.92 Å². The normalized spacial score (nSPS) is 19.5. The van der Waals surface area contributed by atoms with Gasteiger partial charge in [-0.05, 0) is 12.8 Å². The number of carbonyl (C=O) groups is 1. The predicted molar refractivity (Wildman–Crippen MR) is 52.9 cm³/mol. The monoisotopic (exact) mass is 190 g/mol. The van der Waals surface area contributed by atoms with Gasteiger partial charge in [0.25, 0.3) is 0 Å². The molecule has 1 fully saturated rings. The zero-order valence-electron chi connectivity index (χ0n) is 8.36. The molecule has 0 bridgehead atoms. The van der Waals surface area contributed by atoms with Crippen molar-refractivity contribution in [1.82, 2.24) is 9.97 Å². The molecule has 2 rings (SSSR count). The van der Waals surface area contributed by atoms with Gasteiger partial charge in [0.2, 0.25) is 0 Å². The van der Waals surface area contributed by atoms with E-state index in [0.717, 1.165) is 25.7 Å². The molecule has 1 aromatic rings. The topological polar surface area (TPSA) is 42.9 Å². The highest BCUT2D eigenvalue weighted by Crippen LogP contribution is 2.39. The standard InChI is InChI=1S/C11H14N2O/c1-11(4-2-3-5-11)10(14)9-8-12-6-7-13-9/h6-8H,2-5H2,1H3. The molecule has 3 nitrogen and oxygen atoms in total. The Morgan fingerprint density at radius 2 is 2.07 bits per heavy atom. The summed E-state index contributed by atoms with van der Waals surface area (Å²) in [6, 6.07) is 0. The molecule has 0 saturated heterocycles. The Morgan fingerprint density at radius 3 is 2.64 bits per heavy atom. The van der Waals surface area contributed by atoms with E-state index >= 15 is 0 Å². The SMILES string of the molecule is CC1(C(=O)c2cnccn2)CCCC1. The zero-order valence-corrected chi connectivity index (χ0v) is 8.36. The summed E-state index contributed by atoms with van der Waals surface area (Å²) >= 11 is 0. The van der Waals surface area contributed by atoms with Crippen LogP contribution in [0.25, 0.3) is 0 Å². The van der Waals surface area contributed by atoms with Crippen LogP contribution >= 0.6 is 0 Å². The third-order valence-corrected chi connectivity index (χ3v) is 3.05. The van der Waals surface area contributed by atoms with E-state index in [1.165, 1.54) is 0 Å². The van der Waals surface area contributed by atoms with Gasteiger partial charge in [-0.15, -0.1) is 0 Å². The Labute approximate surface area is 83.6 Å². The molecule has 3 heteroatoms. The van der Waals surface area contributed by atoms with E-state index in [0.29, 0.717) is 5.69 Å². The summed E-state index contributed by atoms with van der Waals surface area (Å²) in [6.45, 7) is 2.04. The summed E-state index contributed by atoms with van der Waals surface area (Å²) in [6.07, 6.45) is 9.01. The molecular formula is C11H14N2O. The summed E-state index contributed by atoms with van der Waals surface area (Å²) in [5.74, 6) is 0.156. The number of nitrogens with zero attached hydrogens (tertiary/aromatic N) is 2. The van der Waals surface area contributed by atoms with Gasteiger partial charge in [-0.25, -0.2) is 4.98 Å². The smallest absolute Gasteiger partial charge is 0.188 e. The second kappa shape index (κ2) is 3.48. The van der Waals surface area contributed by atoms with Gasteiger partial charge >= 0.3 is 0 Å². The van der Waals surface area contributed by atoms with Gasteiger partial charge in [0.15, 0.2) is 5.78 Å². The highest BCUT2D eigenvalue weighted by Gasteiger charge is 2.37. The van der Waals surface area contributed by atoms with E-state index in [4.69, 9.17) is 0 Å². The summed E-state index contributed by atoms with van der Waals surface area (Å²) in [4.78, 5) is 20.0. The fourth-order valence-electron chi connectivity index (χ4n) is 2.11. The molecule has 0 radical (unpaired) electrons. The first-order chi connectivity index (χ1) is 6.72. The van der Waals surface area contributed by atoms with Gasteiger partial charge in [0.05, 0.1) is 6.20 Å². The number of Topliss-reactive ketones (excluding diaryl/α,β-unsaturated/α-hetero) is 1. The average Bonchev–Trinajstić information content (AvgIpc) is 2.67. The largest absolute Gasteiger partial charge is 0.292 e. The highest BCUT2D eigenvalue weighted by atomic mass is 16.1. The fourth-order valence-corrected chi connectivity index (χ4v) is 2.11. The van der Waals surface area contributed by atoms with Crippen molar-refractivity contribution in [3.05, 3.63) is 24.3 Å². The van der Waals surface area contributed by atoms with Crippen LogP contribution in [0.15, 0.2) is 18.6 Å². The lowest BCUT2D eigenvalue weighted by molar-refractivity contribution is 0.0817. The van der Waals surface area contributed by atoms with Crippen molar-refractivity contribution in [3.8, 4) is 0 Å². The van der Waals surface area contributed by atoms with Crippen LogP contribution in [0.3, 0.4) is 0 Å². The Morgan fingerprint density at radius 1 is 1.36 bits per heavy atom. The van der Waals surface area contributed by atoms with Crippen molar-refractivity contribution in [2.45, 2.75) is 32.6 Å². The maximum Gasteiger partial charge on any atom is 0.188 e. The van der Waals surface area contributed by atoms with E-state index < -0.39 is 0 Å². The molecule has 0 amide bonds. The molecule has 0 N–H and O–H groups in total. The molecular weight excluding hydrogens is 176 g/mol. The maximum absolute atomic E-state index is 12.1. The molecule has 1 aromatic heterocycles. The van der Waals surface area contributed by atoms with Crippen molar-refractivity contribution >= 4 is 5.78 Å². The third-order valence-electron chi connectivity index (χ3n) is 3.05. The van der Waals surface area contributed by atoms with Gasteiger partial charge in [-0.1, -0.05) is 19.8 Å². The van der Waals surface area contributed by atoms with Crippen molar-refractivity contribution in [1.29, 1.82) is 0 Å². The predicted octanol–water partition coefficient (Wildman–Crippen LogP) is 2.24. The highest BCUT2D eigenvalue weighted by molar-refractivity contribution is 5.98. The molecule has 1 saturated carbocycles. The number of aromatic nitrogens is 2. The zero-order chi connectivity index (χ0) is 10.0. The molecule has 0 aliphatic heterocycles. The minimum Gasteiger partial charge on any atom is -0.292 e. The van der Waals surface area contributed by atoms with Gasteiger partial charge in [-0.3, -0.25) is 9.78 Å². The van der Waals surface area contributed by atoms with Crippen LogP contribution in [0.5, 0.6) is 0 Å². The Hall–Kier alpha value is -1.25. The Balaban J connectivity index is 2.24.